The molecule has 0 aliphatic heterocycles. The Morgan fingerprint density at radius 3 is 2.50 bits per heavy atom. The maximum Gasteiger partial charge on any atom is 0.140 e. The van der Waals surface area contributed by atoms with Crippen molar-refractivity contribution in [3.63, 3.8) is 0 Å². The normalized spacial score (nSPS) is 16.4. The second kappa shape index (κ2) is 4.28. The number of carbonyl (C=O) groups is 1. The van der Waals surface area contributed by atoms with Gasteiger partial charge in [0.2, 0.25) is 0 Å². The SMILES string of the molecule is Cc1cc(OC2CC(=O)C2)ccc1C(C)C. The van der Waals surface area contributed by atoms with Crippen molar-refractivity contribution in [1.29, 1.82) is 0 Å². The largest absolute Gasteiger partial charge is 0.490 e. The Morgan fingerprint density at radius 2 is 2.00 bits per heavy atom. The molecule has 0 amide bonds. The van der Waals surface area contributed by atoms with E-state index in [0.29, 0.717) is 24.5 Å². The number of aryl methyl sites for hydroxylation is 1. The molecule has 0 aromatic heterocycles. The summed E-state index contributed by atoms with van der Waals surface area (Å²) in [5.41, 5.74) is 2.62. The van der Waals surface area contributed by atoms with Crippen LogP contribution in [0.25, 0.3) is 0 Å². The average Bonchev–Trinajstić information content (AvgIpc) is 2.15. The van der Waals surface area contributed by atoms with Crippen LogP contribution >= 0.6 is 0 Å². The fraction of sp³-hybridized carbons (Fsp3) is 0.500. The Labute approximate surface area is 96.6 Å². The molecule has 2 heteroatoms. The van der Waals surface area contributed by atoms with Crippen LogP contribution in [0.1, 0.15) is 43.7 Å². The molecular formula is C14H18O2. The zero-order valence-corrected chi connectivity index (χ0v) is 10.1. The van der Waals surface area contributed by atoms with Crippen LogP contribution in [0.15, 0.2) is 18.2 Å². The van der Waals surface area contributed by atoms with Gasteiger partial charge in [-0.2, -0.15) is 0 Å². The number of benzene rings is 1. The highest BCUT2D eigenvalue weighted by molar-refractivity contribution is 5.85. The minimum atomic E-state index is 0.108. The number of rotatable bonds is 3. The van der Waals surface area contributed by atoms with E-state index in [4.69, 9.17) is 4.74 Å². The van der Waals surface area contributed by atoms with Crippen LogP contribution in [-0.2, 0) is 4.79 Å². The summed E-state index contributed by atoms with van der Waals surface area (Å²) in [6, 6.07) is 6.19. The molecule has 16 heavy (non-hydrogen) atoms. The van der Waals surface area contributed by atoms with Crippen LogP contribution in [0.2, 0.25) is 0 Å². The van der Waals surface area contributed by atoms with Crippen molar-refractivity contribution < 1.29 is 9.53 Å². The quantitative estimate of drug-likeness (QED) is 0.778. The van der Waals surface area contributed by atoms with Crippen molar-refractivity contribution in [2.45, 2.75) is 45.6 Å². The summed E-state index contributed by atoms with van der Waals surface area (Å²) in [6.45, 7) is 6.48. The topological polar surface area (TPSA) is 26.3 Å². The summed E-state index contributed by atoms with van der Waals surface area (Å²) in [6.07, 6.45) is 1.26. The van der Waals surface area contributed by atoms with Crippen LogP contribution in [0.5, 0.6) is 5.75 Å². The molecule has 1 aliphatic rings. The van der Waals surface area contributed by atoms with Crippen molar-refractivity contribution in [2.24, 2.45) is 0 Å². The van der Waals surface area contributed by atoms with Gasteiger partial charge >= 0.3 is 0 Å². The average molecular weight is 218 g/mol. The van der Waals surface area contributed by atoms with Crippen LogP contribution in [-0.4, -0.2) is 11.9 Å². The van der Waals surface area contributed by atoms with E-state index >= 15 is 0 Å². The fourth-order valence-corrected chi connectivity index (χ4v) is 2.09. The Hall–Kier alpha value is -1.31. The number of hydrogen-bond acceptors (Lipinski definition) is 2. The van der Waals surface area contributed by atoms with Crippen molar-refractivity contribution in [2.75, 3.05) is 0 Å². The van der Waals surface area contributed by atoms with Crippen LogP contribution in [0, 0.1) is 6.92 Å². The van der Waals surface area contributed by atoms with Gasteiger partial charge in [0, 0.05) is 12.8 Å². The molecule has 1 aromatic carbocycles. The summed E-state index contributed by atoms with van der Waals surface area (Å²) in [5, 5.41) is 0. The van der Waals surface area contributed by atoms with E-state index in [9.17, 15) is 4.79 Å². The highest BCUT2D eigenvalue weighted by atomic mass is 16.5. The molecule has 2 rings (SSSR count). The first-order valence-corrected chi connectivity index (χ1v) is 5.85. The second-order valence-corrected chi connectivity index (χ2v) is 4.86. The highest BCUT2D eigenvalue weighted by Gasteiger charge is 2.28. The molecule has 0 heterocycles. The minimum absolute atomic E-state index is 0.108. The van der Waals surface area contributed by atoms with Gasteiger partial charge in [-0.15, -0.1) is 0 Å². The lowest BCUT2D eigenvalue weighted by Gasteiger charge is -2.25. The lowest BCUT2D eigenvalue weighted by atomic mass is 9.94. The first kappa shape index (κ1) is 11.2. The maximum absolute atomic E-state index is 10.8. The molecule has 0 N–H and O–H groups in total. The Balaban J connectivity index is 2.06. The predicted molar refractivity (Wildman–Crippen MR) is 63.9 cm³/mol. The van der Waals surface area contributed by atoms with Gasteiger partial charge < -0.3 is 4.74 Å². The monoisotopic (exact) mass is 218 g/mol. The van der Waals surface area contributed by atoms with Crippen molar-refractivity contribution in [3.8, 4) is 5.75 Å². The summed E-state index contributed by atoms with van der Waals surface area (Å²) >= 11 is 0. The second-order valence-electron chi connectivity index (χ2n) is 4.86. The van der Waals surface area contributed by atoms with Crippen molar-refractivity contribution in [3.05, 3.63) is 29.3 Å². The number of ether oxygens (including phenoxy) is 1. The third kappa shape index (κ3) is 2.26. The van der Waals surface area contributed by atoms with Crippen LogP contribution in [0.4, 0.5) is 0 Å². The molecule has 1 aromatic rings. The summed E-state index contributed by atoms with van der Waals surface area (Å²) in [4.78, 5) is 10.8. The number of carbonyl (C=O) groups excluding carboxylic acids is 1. The summed E-state index contributed by atoms with van der Waals surface area (Å²) in [5.74, 6) is 1.74. The summed E-state index contributed by atoms with van der Waals surface area (Å²) in [7, 11) is 0. The molecule has 0 unspecified atom stereocenters. The van der Waals surface area contributed by atoms with Gasteiger partial charge in [-0.05, 0) is 36.1 Å². The smallest absolute Gasteiger partial charge is 0.140 e. The Bertz CT molecular complexity index is 399. The third-order valence-corrected chi connectivity index (χ3v) is 3.08. The van der Waals surface area contributed by atoms with E-state index in [0.717, 1.165) is 5.75 Å². The lowest BCUT2D eigenvalue weighted by molar-refractivity contribution is -0.129. The molecule has 1 aliphatic carbocycles. The van der Waals surface area contributed by atoms with Gasteiger partial charge in [0.05, 0.1) is 0 Å². The molecule has 86 valence electrons. The third-order valence-electron chi connectivity index (χ3n) is 3.08. The fourth-order valence-electron chi connectivity index (χ4n) is 2.09. The predicted octanol–water partition coefficient (Wildman–Crippen LogP) is 3.23. The zero-order chi connectivity index (χ0) is 11.7. The molecule has 2 nitrogen and oxygen atoms in total. The molecule has 0 radical (unpaired) electrons. The first-order chi connectivity index (χ1) is 7.56. The Kier molecular flexibility index (Phi) is 2.99. The van der Waals surface area contributed by atoms with E-state index in [1.807, 2.05) is 6.07 Å². The van der Waals surface area contributed by atoms with Gasteiger partial charge in [0.1, 0.15) is 17.6 Å². The molecule has 0 atom stereocenters. The highest BCUT2D eigenvalue weighted by Crippen LogP contribution is 2.27. The van der Waals surface area contributed by atoms with E-state index in [1.54, 1.807) is 0 Å². The first-order valence-electron chi connectivity index (χ1n) is 5.85. The zero-order valence-electron chi connectivity index (χ0n) is 10.1. The number of ketones is 1. The van der Waals surface area contributed by atoms with Gasteiger partial charge in [0.15, 0.2) is 0 Å². The maximum atomic E-state index is 10.8. The molecule has 0 bridgehead atoms. The van der Waals surface area contributed by atoms with E-state index in [-0.39, 0.29) is 6.10 Å². The lowest BCUT2D eigenvalue weighted by Crippen LogP contribution is -2.33. The Morgan fingerprint density at radius 1 is 1.31 bits per heavy atom. The van der Waals surface area contributed by atoms with Crippen molar-refractivity contribution in [1.82, 2.24) is 0 Å². The summed E-state index contributed by atoms with van der Waals surface area (Å²) < 4.78 is 5.72. The number of hydrogen-bond donors (Lipinski definition) is 0. The van der Waals surface area contributed by atoms with E-state index in [1.165, 1.54) is 11.1 Å². The van der Waals surface area contributed by atoms with Gasteiger partial charge in [-0.1, -0.05) is 19.9 Å². The molecule has 1 fully saturated rings. The standard InChI is InChI=1S/C14H18O2/c1-9(2)14-5-4-12(6-10(14)3)16-13-7-11(15)8-13/h4-6,9,13H,7-8H2,1-3H3. The van der Waals surface area contributed by atoms with Gasteiger partial charge in [0.25, 0.3) is 0 Å². The van der Waals surface area contributed by atoms with E-state index in [2.05, 4.69) is 32.9 Å². The number of Topliss-reactive ketones (excluding diaryl/α,β-unsaturated/α-hetero) is 1. The van der Waals surface area contributed by atoms with E-state index < -0.39 is 0 Å². The van der Waals surface area contributed by atoms with Crippen LogP contribution < -0.4 is 4.74 Å². The molecule has 0 spiro atoms. The van der Waals surface area contributed by atoms with Gasteiger partial charge in [-0.25, -0.2) is 0 Å². The molecular weight excluding hydrogens is 200 g/mol. The van der Waals surface area contributed by atoms with Gasteiger partial charge in [-0.3, -0.25) is 4.79 Å². The van der Waals surface area contributed by atoms with Crippen LogP contribution in [0.3, 0.4) is 0 Å². The van der Waals surface area contributed by atoms with Crippen molar-refractivity contribution >= 4 is 5.78 Å². The molecule has 1 saturated carbocycles. The minimum Gasteiger partial charge on any atom is -0.490 e. The molecule has 0 saturated heterocycles.